The van der Waals surface area contributed by atoms with E-state index in [-0.39, 0.29) is 18.3 Å². The first-order valence-corrected chi connectivity index (χ1v) is 16.3. The number of piperidine rings is 1. The highest BCUT2D eigenvalue weighted by molar-refractivity contribution is 7.92. The van der Waals surface area contributed by atoms with Crippen molar-refractivity contribution in [2.45, 2.75) is 56.4 Å². The number of nitrogens with zero attached hydrogens (tertiary/aromatic N) is 5. The largest absolute Gasteiger partial charge is 0.353 e. The minimum atomic E-state index is -3.51. The molecule has 1 amide bonds. The lowest BCUT2D eigenvalue weighted by molar-refractivity contribution is -0.125. The fourth-order valence-electron chi connectivity index (χ4n) is 7.31. The maximum atomic E-state index is 13.2. The molecule has 2 aromatic heterocycles. The number of carbonyl (C=O) groups is 1. The number of amides is 1. The maximum absolute atomic E-state index is 13.2. The maximum Gasteiger partial charge on any atom is 0.237 e. The van der Waals surface area contributed by atoms with E-state index < -0.39 is 15.4 Å². The summed E-state index contributed by atoms with van der Waals surface area (Å²) in [6.07, 6.45) is 12.5. The van der Waals surface area contributed by atoms with Crippen LogP contribution in [0.2, 0.25) is 0 Å². The molecule has 41 heavy (non-hydrogen) atoms. The highest BCUT2D eigenvalue weighted by atomic mass is 35.5. The summed E-state index contributed by atoms with van der Waals surface area (Å²) in [6, 6.07) is 8.45. The molecule has 3 aromatic rings. The topological polar surface area (TPSA) is 98.7 Å². The molecule has 11 heteroatoms. The quantitative estimate of drug-likeness (QED) is 0.461. The minimum absolute atomic E-state index is 0. The second-order valence-corrected chi connectivity index (χ2v) is 13.8. The summed E-state index contributed by atoms with van der Waals surface area (Å²) in [5.41, 5.74) is 4.62. The van der Waals surface area contributed by atoms with Gasteiger partial charge in [-0.05, 0) is 69.0 Å². The van der Waals surface area contributed by atoms with Gasteiger partial charge in [-0.15, -0.1) is 12.4 Å². The van der Waals surface area contributed by atoms with Crippen LogP contribution in [0.4, 0.5) is 17.2 Å². The van der Waals surface area contributed by atoms with Crippen LogP contribution in [-0.2, 0) is 20.2 Å². The molecule has 1 atom stereocenters. The molecular formula is C30H37ClN6O3S. The minimum Gasteiger partial charge on any atom is -0.353 e. The Morgan fingerprint density at radius 1 is 0.976 bits per heavy atom. The third kappa shape index (κ3) is 4.73. The van der Waals surface area contributed by atoms with Crippen molar-refractivity contribution < 1.29 is 13.2 Å². The number of likely N-dealkylation sites (tertiary alicyclic amines) is 1. The zero-order chi connectivity index (χ0) is 27.6. The molecule has 1 unspecified atom stereocenters. The van der Waals surface area contributed by atoms with Gasteiger partial charge in [0, 0.05) is 48.9 Å². The monoisotopic (exact) mass is 596 g/mol. The standard InChI is InChI=1S/C30H36N6O3S.ClH/c1-34-26-18-31-24-8-7-20(15-23(24)27(26)30(29(34)37)10-6-11-30)21-16-25(33-40(2,38)39)28(32-17-21)36-14-9-22(19-36)35-12-4-3-5-13-35;/h7-8,15-18,22,33H,3-6,9-14,19H2,1-2H3;1H. The summed E-state index contributed by atoms with van der Waals surface area (Å²) < 4.78 is 27.5. The predicted octanol–water partition coefficient (Wildman–Crippen LogP) is 4.55. The van der Waals surface area contributed by atoms with Gasteiger partial charge >= 0.3 is 0 Å². The first-order chi connectivity index (χ1) is 19.2. The van der Waals surface area contributed by atoms with Gasteiger partial charge in [-0.2, -0.15) is 0 Å². The molecule has 1 aromatic carbocycles. The van der Waals surface area contributed by atoms with Gasteiger partial charge in [0.15, 0.2) is 5.82 Å². The van der Waals surface area contributed by atoms with E-state index in [0.29, 0.717) is 17.5 Å². The number of carbonyl (C=O) groups excluding carboxylic acids is 1. The van der Waals surface area contributed by atoms with E-state index in [1.807, 2.05) is 37.6 Å². The van der Waals surface area contributed by atoms with E-state index in [1.54, 1.807) is 4.90 Å². The van der Waals surface area contributed by atoms with Crippen molar-refractivity contribution in [3.63, 3.8) is 0 Å². The lowest BCUT2D eigenvalue weighted by Gasteiger charge is -2.37. The van der Waals surface area contributed by atoms with Crippen LogP contribution in [-0.4, -0.2) is 74.7 Å². The molecule has 0 bridgehead atoms. The van der Waals surface area contributed by atoms with E-state index in [9.17, 15) is 13.2 Å². The number of fused-ring (bicyclic) bond motifs is 4. The molecule has 7 rings (SSSR count). The van der Waals surface area contributed by atoms with E-state index in [4.69, 9.17) is 4.98 Å². The molecule has 1 spiro atoms. The molecule has 1 N–H and O–H groups in total. The highest BCUT2D eigenvalue weighted by Crippen LogP contribution is 2.55. The average Bonchev–Trinajstić information content (AvgIpc) is 3.50. The number of pyridine rings is 2. The van der Waals surface area contributed by atoms with Gasteiger partial charge in [-0.1, -0.05) is 18.9 Å². The number of anilines is 3. The van der Waals surface area contributed by atoms with Crippen molar-refractivity contribution in [3.8, 4) is 11.1 Å². The van der Waals surface area contributed by atoms with Crippen molar-refractivity contribution >= 4 is 56.4 Å². The van der Waals surface area contributed by atoms with Crippen LogP contribution in [0.1, 0.15) is 50.5 Å². The normalized spacial score (nSPS) is 22.1. The second kappa shape index (κ2) is 10.4. The molecule has 218 valence electrons. The van der Waals surface area contributed by atoms with Crippen LogP contribution in [0.3, 0.4) is 0 Å². The van der Waals surface area contributed by atoms with Crippen LogP contribution < -0.4 is 14.5 Å². The van der Waals surface area contributed by atoms with Crippen LogP contribution >= 0.6 is 12.4 Å². The summed E-state index contributed by atoms with van der Waals surface area (Å²) in [6.45, 7) is 3.98. The van der Waals surface area contributed by atoms with E-state index >= 15 is 0 Å². The number of likely N-dealkylation sites (N-methyl/N-ethyl adjacent to an activating group) is 1. The second-order valence-electron chi connectivity index (χ2n) is 12.0. The summed E-state index contributed by atoms with van der Waals surface area (Å²) in [4.78, 5) is 29.3. The molecule has 4 aliphatic rings. The lowest BCUT2D eigenvalue weighted by Crippen LogP contribution is -2.43. The zero-order valence-corrected chi connectivity index (χ0v) is 25.2. The van der Waals surface area contributed by atoms with Gasteiger partial charge in [-0.25, -0.2) is 13.4 Å². The number of rotatable bonds is 5. The molecule has 5 heterocycles. The van der Waals surface area contributed by atoms with E-state index in [1.165, 1.54) is 25.5 Å². The zero-order valence-electron chi connectivity index (χ0n) is 23.6. The van der Waals surface area contributed by atoms with Crippen molar-refractivity contribution in [2.24, 2.45) is 0 Å². The number of halogens is 1. The molecule has 0 radical (unpaired) electrons. The Bertz CT molecular complexity index is 1620. The van der Waals surface area contributed by atoms with Crippen molar-refractivity contribution in [3.05, 3.63) is 42.2 Å². The van der Waals surface area contributed by atoms with Crippen molar-refractivity contribution in [1.82, 2.24) is 14.9 Å². The summed E-state index contributed by atoms with van der Waals surface area (Å²) in [5, 5.41) is 0.984. The fourth-order valence-corrected chi connectivity index (χ4v) is 7.86. The lowest BCUT2D eigenvalue weighted by atomic mass is 9.64. The number of aromatic nitrogens is 2. The third-order valence-corrected chi connectivity index (χ3v) is 10.1. The SMILES string of the molecule is CN1C(=O)C2(CCC2)c2c1cnc1ccc(-c3cnc(N4CCC(N5CCCCC5)C4)c(NS(C)(=O)=O)c3)cc21.Cl. The number of benzene rings is 1. The number of hydrogen-bond donors (Lipinski definition) is 1. The Morgan fingerprint density at radius 2 is 1.76 bits per heavy atom. The molecule has 3 aliphatic heterocycles. The van der Waals surface area contributed by atoms with Crippen LogP contribution in [0, 0.1) is 0 Å². The van der Waals surface area contributed by atoms with Gasteiger partial charge in [0.1, 0.15) is 0 Å². The molecule has 2 saturated heterocycles. The Morgan fingerprint density at radius 3 is 2.46 bits per heavy atom. The first kappa shape index (κ1) is 28.2. The predicted molar refractivity (Wildman–Crippen MR) is 166 cm³/mol. The Labute approximate surface area is 247 Å². The Balaban J connectivity index is 0.00000302. The van der Waals surface area contributed by atoms with Crippen LogP contribution in [0.5, 0.6) is 0 Å². The molecule has 3 fully saturated rings. The molecular weight excluding hydrogens is 560 g/mol. The number of sulfonamides is 1. The van der Waals surface area contributed by atoms with Gasteiger partial charge in [0.25, 0.3) is 0 Å². The molecule has 1 saturated carbocycles. The number of hydrogen-bond acceptors (Lipinski definition) is 7. The first-order valence-electron chi connectivity index (χ1n) is 14.4. The fraction of sp³-hybridized carbons (Fsp3) is 0.500. The van der Waals surface area contributed by atoms with Gasteiger partial charge < -0.3 is 9.80 Å². The molecule has 1 aliphatic carbocycles. The van der Waals surface area contributed by atoms with Gasteiger partial charge in [-0.3, -0.25) is 19.4 Å². The molecule has 9 nitrogen and oxygen atoms in total. The van der Waals surface area contributed by atoms with Crippen LogP contribution in [0.25, 0.3) is 22.0 Å². The van der Waals surface area contributed by atoms with Gasteiger partial charge in [0.05, 0.1) is 34.8 Å². The summed E-state index contributed by atoms with van der Waals surface area (Å²) >= 11 is 0. The Hall–Kier alpha value is -2.95. The number of nitrogens with one attached hydrogen (secondary N) is 1. The smallest absolute Gasteiger partial charge is 0.237 e. The van der Waals surface area contributed by atoms with Crippen molar-refractivity contribution in [1.29, 1.82) is 0 Å². The summed E-state index contributed by atoms with van der Waals surface area (Å²) in [7, 11) is -1.67. The van der Waals surface area contributed by atoms with E-state index in [2.05, 4.69) is 25.6 Å². The van der Waals surface area contributed by atoms with Crippen LogP contribution in [0.15, 0.2) is 36.7 Å². The third-order valence-electron chi connectivity index (χ3n) is 9.47. The summed E-state index contributed by atoms with van der Waals surface area (Å²) in [5.74, 6) is 0.838. The highest BCUT2D eigenvalue weighted by Gasteiger charge is 2.54. The van der Waals surface area contributed by atoms with Gasteiger partial charge in [0.2, 0.25) is 15.9 Å². The average molecular weight is 597 g/mol. The Kier molecular flexibility index (Phi) is 7.15. The van der Waals surface area contributed by atoms with E-state index in [0.717, 1.165) is 85.1 Å². The van der Waals surface area contributed by atoms with Crippen molar-refractivity contribution in [2.75, 3.05) is 54.0 Å².